The van der Waals surface area contributed by atoms with E-state index in [9.17, 15) is 24.1 Å². The molecule has 0 spiro atoms. The van der Waals surface area contributed by atoms with Gasteiger partial charge in [-0.3, -0.25) is 19.7 Å². The molecule has 0 fully saturated rings. The van der Waals surface area contributed by atoms with E-state index in [4.69, 9.17) is 27.9 Å². The zero-order chi connectivity index (χ0) is 19.3. The normalized spacial score (nSPS) is 10.3. The fourth-order valence-electron chi connectivity index (χ4n) is 1.90. The molecule has 0 bridgehead atoms. The van der Waals surface area contributed by atoms with Gasteiger partial charge in [0.1, 0.15) is 24.0 Å². The Morgan fingerprint density at radius 2 is 1.88 bits per heavy atom. The van der Waals surface area contributed by atoms with E-state index in [1.54, 1.807) is 0 Å². The minimum atomic E-state index is -0.762. The van der Waals surface area contributed by atoms with Crippen molar-refractivity contribution < 1.29 is 23.6 Å². The topological polar surface area (TPSA) is 98.5 Å². The number of benzene rings is 2. The fraction of sp³-hybridized carbons (Fsp3) is 0.125. The Kier molecular flexibility index (Phi) is 6.48. The van der Waals surface area contributed by atoms with Crippen LogP contribution in [0.3, 0.4) is 0 Å². The van der Waals surface area contributed by atoms with E-state index in [1.165, 1.54) is 24.3 Å². The SMILES string of the molecule is O=C(CNC(=O)c1ccc(Cl)c([N+](=O)[O-])c1)OCc1ccc(F)cc1Cl. The van der Waals surface area contributed by atoms with E-state index in [0.29, 0.717) is 5.56 Å². The molecule has 0 aliphatic rings. The van der Waals surface area contributed by atoms with Crippen molar-refractivity contribution in [2.45, 2.75) is 6.61 Å². The lowest BCUT2D eigenvalue weighted by Crippen LogP contribution is -2.30. The highest BCUT2D eigenvalue weighted by Crippen LogP contribution is 2.25. The van der Waals surface area contributed by atoms with E-state index < -0.39 is 34.8 Å². The van der Waals surface area contributed by atoms with Gasteiger partial charge < -0.3 is 10.1 Å². The second-order valence-corrected chi connectivity index (χ2v) is 5.82. The molecule has 1 N–H and O–H groups in total. The molecule has 10 heteroatoms. The minimum Gasteiger partial charge on any atom is -0.459 e. The lowest BCUT2D eigenvalue weighted by molar-refractivity contribution is -0.384. The molecule has 2 aromatic rings. The quantitative estimate of drug-likeness (QED) is 0.454. The van der Waals surface area contributed by atoms with Crippen LogP contribution >= 0.6 is 23.2 Å². The Labute approximate surface area is 156 Å². The zero-order valence-electron chi connectivity index (χ0n) is 13.0. The molecule has 0 unspecified atom stereocenters. The molecule has 0 heterocycles. The molecule has 0 saturated carbocycles. The monoisotopic (exact) mass is 400 g/mol. The third kappa shape index (κ3) is 5.14. The lowest BCUT2D eigenvalue weighted by Gasteiger charge is -2.08. The molecule has 7 nitrogen and oxygen atoms in total. The highest BCUT2D eigenvalue weighted by Gasteiger charge is 2.17. The lowest BCUT2D eigenvalue weighted by atomic mass is 10.2. The first kappa shape index (κ1) is 19.6. The summed E-state index contributed by atoms with van der Waals surface area (Å²) in [6, 6.07) is 7.12. The first-order valence-corrected chi connectivity index (χ1v) is 7.85. The molecule has 0 saturated heterocycles. The van der Waals surface area contributed by atoms with Crippen LogP contribution in [0.2, 0.25) is 10.0 Å². The van der Waals surface area contributed by atoms with Crippen LogP contribution in [0.25, 0.3) is 0 Å². The molecule has 2 aromatic carbocycles. The summed E-state index contributed by atoms with van der Waals surface area (Å²) in [6.45, 7) is -0.658. The Bertz CT molecular complexity index is 876. The highest BCUT2D eigenvalue weighted by molar-refractivity contribution is 6.32. The molecule has 0 radical (unpaired) electrons. The van der Waals surface area contributed by atoms with Crippen molar-refractivity contribution in [3.8, 4) is 0 Å². The predicted molar refractivity (Wildman–Crippen MR) is 91.6 cm³/mol. The van der Waals surface area contributed by atoms with Gasteiger partial charge in [0.25, 0.3) is 11.6 Å². The number of hydrogen-bond acceptors (Lipinski definition) is 5. The number of rotatable bonds is 6. The van der Waals surface area contributed by atoms with Crippen LogP contribution < -0.4 is 5.32 Å². The van der Waals surface area contributed by atoms with Crippen LogP contribution in [-0.4, -0.2) is 23.3 Å². The number of nitro groups is 1. The van der Waals surface area contributed by atoms with E-state index in [1.807, 2.05) is 0 Å². The first-order valence-electron chi connectivity index (χ1n) is 7.09. The zero-order valence-corrected chi connectivity index (χ0v) is 14.5. The summed E-state index contributed by atoms with van der Waals surface area (Å²) < 4.78 is 17.9. The van der Waals surface area contributed by atoms with Crippen molar-refractivity contribution in [3.05, 3.63) is 73.5 Å². The van der Waals surface area contributed by atoms with Crippen molar-refractivity contribution in [2.75, 3.05) is 6.54 Å². The summed E-state index contributed by atoms with van der Waals surface area (Å²) in [5.41, 5.74) is -0.0515. The number of nitrogens with one attached hydrogen (secondary N) is 1. The van der Waals surface area contributed by atoms with Gasteiger partial charge in [0.15, 0.2) is 0 Å². The number of nitrogens with zero attached hydrogens (tertiary/aromatic N) is 1. The van der Waals surface area contributed by atoms with Crippen LogP contribution in [0.5, 0.6) is 0 Å². The summed E-state index contributed by atoms with van der Waals surface area (Å²) in [7, 11) is 0. The highest BCUT2D eigenvalue weighted by atomic mass is 35.5. The van der Waals surface area contributed by atoms with Gasteiger partial charge in [-0.1, -0.05) is 29.3 Å². The summed E-state index contributed by atoms with van der Waals surface area (Å²) in [5, 5.41) is 13.1. The van der Waals surface area contributed by atoms with Crippen LogP contribution in [0.15, 0.2) is 36.4 Å². The molecule has 2 rings (SSSR count). The second-order valence-electron chi connectivity index (χ2n) is 5.00. The number of hydrogen-bond donors (Lipinski definition) is 1. The minimum absolute atomic E-state index is 0.0320. The maximum absolute atomic E-state index is 12.9. The Morgan fingerprint density at radius 3 is 2.54 bits per heavy atom. The van der Waals surface area contributed by atoms with Crippen LogP contribution in [-0.2, 0) is 16.1 Å². The van der Waals surface area contributed by atoms with E-state index in [2.05, 4.69) is 5.32 Å². The van der Waals surface area contributed by atoms with Gasteiger partial charge in [-0.25, -0.2) is 4.39 Å². The fourth-order valence-corrected chi connectivity index (χ4v) is 2.30. The van der Waals surface area contributed by atoms with E-state index >= 15 is 0 Å². The summed E-state index contributed by atoms with van der Waals surface area (Å²) in [5.74, 6) is -1.99. The number of esters is 1. The van der Waals surface area contributed by atoms with Crippen molar-refractivity contribution >= 4 is 40.8 Å². The number of ether oxygens (including phenoxy) is 1. The largest absolute Gasteiger partial charge is 0.459 e. The number of carbonyl (C=O) groups excluding carboxylic acids is 2. The van der Waals surface area contributed by atoms with Gasteiger partial charge in [0.05, 0.1) is 9.95 Å². The molecule has 26 heavy (non-hydrogen) atoms. The Hall–Kier alpha value is -2.71. The average Bonchev–Trinajstić information content (AvgIpc) is 2.59. The molecular formula is C16H11Cl2FN2O5. The van der Waals surface area contributed by atoms with Gasteiger partial charge in [-0.15, -0.1) is 0 Å². The smallest absolute Gasteiger partial charge is 0.325 e. The van der Waals surface area contributed by atoms with Crippen molar-refractivity contribution in [3.63, 3.8) is 0 Å². The molecule has 0 aliphatic carbocycles. The van der Waals surface area contributed by atoms with Gasteiger partial charge in [0.2, 0.25) is 0 Å². The van der Waals surface area contributed by atoms with Gasteiger partial charge >= 0.3 is 5.97 Å². The predicted octanol–water partition coefficient (Wildman–Crippen LogP) is 3.51. The number of halogens is 3. The maximum Gasteiger partial charge on any atom is 0.325 e. The second kappa shape index (κ2) is 8.59. The molecule has 0 aromatic heterocycles. The number of nitro benzene ring substituents is 1. The first-order chi connectivity index (χ1) is 12.3. The Morgan fingerprint density at radius 1 is 1.15 bits per heavy atom. The molecule has 136 valence electrons. The molecule has 0 atom stereocenters. The third-order valence-corrected chi connectivity index (χ3v) is 3.87. The van der Waals surface area contributed by atoms with Crippen LogP contribution in [0.1, 0.15) is 15.9 Å². The van der Waals surface area contributed by atoms with Gasteiger partial charge in [0, 0.05) is 17.2 Å². The number of amides is 1. The molecular weight excluding hydrogens is 390 g/mol. The average molecular weight is 401 g/mol. The maximum atomic E-state index is 12.9. The van der Waals surface area contributed by atoms with Crippen LogP contribution in [0, 0.1) is 15.9 Å². The Balaban J connectivity index is 1.89. The molecule has 0 aliphatic heterocycles. The van der Waals surface area contributed by atoms with E-state index in [-0.39, 0.29) is 22.2 Å². The standard InChI is InChI=1S/C16H11Cl2FN2O5/c17-12-4-2-9(5-14(12)21(24)25)16(23)20-7-15(22)26-8-10-1-3-11(19)6-13(10)18/h1-6H,7-8H2,(H,20,23). The van der Waals surface area contributed by atoms with Crippen molar-refractivity contribution in [2.24, 2.45) is 0 Å². The van der Waals surface area contributed by atoms with Gasteiger partial charge in [-0.2, -0.15) is 0 Å². The van der Waals surface area contributed by atoms with Crippen molar-refractivity contribution in [1.29, 1.82) is 0 Å². The van der Waals surface area contributed by atoms with Crippen molar-refractivity contribution in [1.82, 2.24) is 5.32 Å². The van der Waals surface area contributed by atoms with Gasteiger partial charge in [-0.05, 0) is 24.3 Å². The number of carbonyl (C=O) groups is 2. The van der Waals surface area contributed by atoms with E-state index in [0.717, 1.165) is 12.1 Å². The summed E-state index contributed by atoms with van der Waals surface area (Å²) in [4.78, 5) is 33.7. The summed E-state index contributed by atoms with van der Waals surface area (Å²) in [6.07, 6.45) is 0. The third-order valence-electron chi connectivity index (χ3n) is 3.20. The van der Waals surface area contributed by atoms with Crippen LogP contribution in [0.4, 0.5) is 10.1 Å². The molecule has 1 amide bonds. The summed E-state index contributed by atoms with van der Waals surface area (Å²) >= 11 is 11.5.